The van der Waals surface area contributed by atoms with Crippen LogP contribution in [0.2, 0.25) is 0 Å². The lowest BCUT2D eigenvalue weighted by molar-refractivity contribution is 0.0689. The molecule has 5 nitrogen and oxygen atoms in total. The fourth-order valence-electron chi connectivity index (χ4n) is 2.58. The summed E-state index contributed by atoms with van der Waals surface area (Å²) in [4.78, 5) is 12.4. The van der Waals surface area contributed by atoms with Crippen LogP contribution < -0.4 is 0 Å². The molecular weight excluding hydrogens is 274 g/mol. The Morgan fingerprint density at radius 3 is 3.05 bits per heavy atom. The fourth-order valence-corrected chi connectivity index (χ4v) is 3.83. The number of benzene rings is 1. The highest BCUT2D eigenvalue weighted by Crippen LogP contribution is 2.40. The Bertz CT molecular complexity index is 654. The summed E-state index contributed by atoms with van der Waals surface area (Å²) in [5.41, 5.74) is 2.10. The molecule has 1 atom stereocenters. The lowest BCUT2D eigenvalue weighted by atomic mass is 10.0. The van der Waals surface area contributed by atoms with Crippen molar-refractivity contribution in [3.63, 3.8) is 0 Å². The van der Waals surface area contributed by atoms with Gasteiger partial charge in [-0.1, -0.05) is 30.3 Å². The molecule has 0 fully saturated rings. The minimum atomic E-state index is -1.01. The van der Waals surface area contributed by atoms with Crippen LogP contribution >= 0.6 is 11.8 Å². The molecule has 0 saturated carbocycles. The van der Waals surface area contributed by atoms with Gasteiger partial charge < -0.3 is 5.11 Å². The van der Waals surface area contributed by atoms with Crippen molar-refractivity contribution in [1.29, 1.82) is 0 Å². The number of nitrogens with zero attached hydrogens (tertiary/aromatic N) is 3. The van der Waals surface area contributed by atoms with Crippen molar-refractivity contribution in [3.05, 3.63) is 41.2 Å². The van der Waals surface area contributed by atoms with Gasteiger partial charge in [0.25, 0.3) is 0 Å². The summed E-state index contributed by atoms with van der Waals surface area (Å²) in [6.07, 6.45) is 0.621. The van der Waals surface area contributed by atoms with Gasteiger partial charge in [-0.2, -0.15) is 0 Å². The quantitative estimate of drug-likeness (QED) is 0.936. The molecule has 104 valence electrons. The fraction of sp³-hybridized carbons (Fsp3) is 0.357. The van der Waals surface area contributed by atoms with Crippen LogP contribution in [0.1, 0.15) is 34.6 Å². The number of carboxylic acids is 1. The van der Waals surface area contributed by atoms with E-state index in [-0.39, 0.29) is 5.69 Å². The van der Waals surface area contributed by atoms with E-state index < -0.39 is 5.97 Å². The second-order valence-electron chi connectivity index (χ2n) is 4.77. The normalized spacial score (nSPS) is 17.1. The van der Waals surface area contributed by atoms with Crippen LogP contribution in [0, 0.1) is 0 Å². The number of thioether (sulfide) groups is 1. The van der Waals surface area contributed by atoms with Crippen LogP contribution in [0.25, 0.3) is 0 Å². The third kappa shape index (κ3) is 2.20. The molecule has 0 bridgehead atoms. The van der Waals surface area contributed by atoms with Gasteiger partial charge in [0.1, 0.15) is 0 Å². The number of fused-ring (bicyclic) bond motifs is 1. The van der Waals surface area contributed by atoms with Crippen molar-refractivity contribution >= 4 is 17.7 Å². The molecule has 1 N–H and O–H groups in total. The van der Waals surface area contributed by atoms with Gasteiger partial charge in [-0.25, -0.2) is 9.48 Å². The van der Waals surface area contributed by atoms with Gasteiger partial charge in [-0.15, -0.1) is 16.9 Å². The van der Waals surface area contributed by atoms with E-state index in [4.69, 9.17) is 5.11 Å². The number of hydrogen-bond donors (Lipinski definition) is 1. The third-order valence-electron chi connectivity index (χ3n) is 3.57. The van der Waals surface area contributed by atoms with Gasteiger partial charge in [0.2, 0.25) is 0 Å². The monoisotopic (exact) mass is 289 g/mol. The Morgan fingerprint density at radius 2 is 2.30 bits per heavy atom. The van der Waals surface area contributed by atoms with Gasteiger partial charge in [-0.3, -0.25) is 0 Å². The molecule has 1 aliphatic rings. The molecule has 1 aromatic carbocycles. The lowest BCUT2D eigenvalue weighted by Gasteiger charge is -2.12. The maximum absolute atomic E-state index is 11.1. The van der Waals surface area contributed by atoms with Crippen molar-refractivity contribution in [2.45, 2.75) is 30.7 Å². The highest BCUT2D eigenvalue weighted by atomic mass is 32.2. The number of hydrogen-bond acceptors (Lipinski definition) is 4. The molecule has 6 heteroatoms. The maximum Gasteiger partial charge on any atom is 0.358 e. The second kappa shape index (κ2) is 5.28. The molecule has 1 aromatic heterocycles. The molecule has 2 aromatic rings. The third-order valence-corrected chi connectivity index (χ3v) is 4.82. The Hall–Kier alpha value is -1.82. The Kier molecular flexibility index (Phi) is 3.48. The van der Waals surface area contributed by atoms with E-state index in [0.717, 1.165) is 5.75 Å². The Balaban J connectivity index is 1.88. The molecule has 20 heavy (non-hydrogen) atoms. The van der Waals surface area contributed by atoms with Crippen molar-refractivity contribution in [2.24, 2.45) is 0 Å². The average molecular weight is 289 g/mol. The van der Waals surface area contributed by atoms with E-state index in [1.807, 2.05) is 30.8 Å². The van der Waals surface area contributed by atoms with Gasteiger partial charge in [0.05, 0.1) is 12.2 Å². The van der Waals surface area contributed by atoms with Crippen LogP contribution in [-0.2, 0) is 13.0 Å². The van der Waals surface area contributed by atoms with Crippen molar-refractivity contribution in [1.82, 2.24) is 15.0 Å². The minimum Gasteiger partial charge on any atom is -0.476 e. The topological polar surface area (TPSA) is 68.0 Å². The van der Waals surface area contributed by atoms with Crippen LogP contribution in [0.5, 0.6) is 0 Å². The molecule has 1 unspecified atom stereocenters. The van der Waals surface area contributed by atoms with E-state index >= 15 is 0 Å². The Labute approximate surface area is 121 Å². The van der Waals surface area contributed by atoms with E-state index in [2.05, 4.69) is 22.4 Å². The summed E-state index contributed by atoms with van der Waals surface area (Å²) in [7, 11) is 0. The first-order valence-corrected chi connectivity index (χ1v) is 7.56. The number of carboxylic acid groups (broad SMARTS) is 1. The molecule has 1 aliphatic heterocycles. The molecule has 3 rings (SSSR count). The summed E-state index contributed by atoms with van der Waals surface area (Å²) in [5.74, 6) is 0.365. The van der Waals surface area contributed by atoms with Gasteiger partial charge in [0.15, 0.2) is 5.69 Å². The first kappa shape index (κ1) is 13.2. The van der Waals surface area contributed by atoms with Crippen molar-refractivity contribution in [2.75, 3.05) is 5.75 Å². The number of carbonyl (C=O) groups is 1. The van der Waals surface area contributed by atoms with Crippen molar-refractivity contribution in [3.8, 4) is 0 Å². The highest BCUT2D eigenvalue weighted by molar-refractivity contribution is 7.99. The minimum absolute atomic E-state index is 0.0754. The largest absolute Gasteiger partial charge is 0.476 e. The first-order valence-electron chi connectivity index (χ1n) is 6.58. The van der Waals surface area contributed by atoms with Crippen LogP contribution in [0.15, 0.2) is 29.2 Å². The van der Waals surface area contributed by atoms with E-state index in [0.29, 0.717) is 24.6 Å². The summed E-state index contributed by atoms with van der Waals surface area (Å²) in [5, 5.41) is 16.9. The predicted octanol–water partition coefficient (Wildman–Crippen LogP) is 2.43. The van der Waals surface area contributed by atoms with Gasteiger partial charge in [0, 0.05) is 16.6 Å². The maximum atomic E-state index is 11.1. The summed E-state index contributed by atoms with van der Waals surface area (Å²) in [6, 6.07) is 8.36. The number of aromatic nitrogens is 3. The second-order valence-corrected chi connectivity index (χ2v) is 5.83. The molecule has 0 radical (unpaired) electrons. The molecular formula is C14H15N3O2S. The standard InChI is InChI=1S/C14H15N3O2S/c1-2-11-13(14(18)19)15-16-17(11)7-9-8-20-12-6-4-3-5-10(9)12/h3-6,9H,2,7-8H2,1H3,(H,18,19). The number of aromatic carboxylic acids is 1. The van der Waals surface area contributed by atoms with E-state index in [9.17, 15) is 4.79 Å². The van der Waals surface area contributed by atoms with E-state index in [1.54, 1.807) is 4.68 Å². The molecule has 0 amide bonds. The molecule has 0 spiro atoms. The predicted molar refractivity (Wildman–Crippen MR) is 76.3 cm³/mol. The van der Waals surface area contributed by atoms with Crippen molar-refractivity contribution < 1.29 is 9.90 Å². The molecule has 0 saturated heterocycles. The zero-order chi connectivity index (χ0) is 14.1. The van der Waals surface area contributed by atoms with Crippen LogP contribution in [0.3, 0.4) is 0 Å². The van der Waals surface area contributed by atoms with Gasteiger partial charge >= 0.3 is 5.97 Å². The lowest BCUT2D eigenvalue weighted by Crippen LogP contribution is -2.13. The van der Waals surface area contributed by atoms with Gasteiger partial charge in [-0.05, 0) is 18.1 Å². The summed E-state index contributed by atoms with van der Waals surface area (Å²) < 4.78 is 1.75. The smallest absolute Gasteiger partial charge is 0.358 e. The Morgan fingerprint density at radius 1 is 1.50 bits per heavy atom. The number of rotatable bonds is 4. The van der Waals surface area contributed by atoms with Crippen LogP contribution in [-0.4, -0.2) is 31.8 Å². The highest BCUT2D eigenvalue weighted by Gasteiger charge is 2.25. The zero-order valence-electron chi connectivity index (χ0n) is 11.1. The average Bonchev–Trinajstić information content (AvgIpc) is 3.04. The molecule has 0 aliphatic carbocycles. The van der Waals surface area contributed by atoms with E-state index in [1.165, 1.54) is 10.5 Å². The SMILES string of the molecule is CCc1c(C(=O)O)nnn1CC1CSc2ccccc21. The van der Waals surface area contributed by atoms with Crippen LogP contribution in [0.4, 0.5) is 0 Å². The molecule has 2 heterocycles. The zero-order valence-corrected chi connectivity index (χ0v) is 11.9. The first-order chi connectivity index (χ1) is 9.70. The summed E-state index contributed by atoms with van der Waals surface area (Å²) >= 11 is 1.84. The summed E-state index contributed by atoms with van der Waals surface area (Å²) in [6.45, 7) is 2.62.